The molecule has 0 aliphatic rings. The molecule has 0 aliphatic heterocycles. The third-order valence-corrected chi connectivity index (χ3v) is 3.10. The van der Waals surface area contributed by atoms with E-state index in [2.05, 4.69) is 13.2 Å². The van der Waals surface area contributed by atoms with Crippen molar-refractivity contribution < 1.29 is 4.79 Å². The Morgan fingerprint density at radius 2 is 2.07 bits per heavy atom. The molecule has 15 heavy (non-hydrogen) atoms. The molecule has 0 aromatic heterocycles. The summed E-state index contributed by atoms with van der Waals surface area (Å²) in [5.41, 5.74) is 5.42. The average Bonchev–Trinajstić information content (AvgIpc) is 2.10. The van der Waals surface area contributed by atoms with Crippen molar-refractivity contribution in [2.24, 2.45) is 5.73 Å². The van der Waals surface area contributed by atoms with Crippen LogP contribution in [-0.4, -0.2) is 41.4 Å². The topological polar surface area (TPSA) is 46.3 Å². The third-order valence-electron chi connectivity index (χ3n) is 2.38. The molecule has 0 fully saturated rings. The fraction of sp³-hybridized carbons (Fsp3) is 0.909. The highest BCUT2D eigenvalue weighted by Crippen LogP contribution is 2.12. The molecular weight excluding hydrogens is 208 g/mol. The van der Waals surface area contributed by atoms with Crippen LogP contribution in [0, 0.1) is 0 Å². The number of nitrogens with two attached hydrogens (primary N) is 1. The summed E-state index contributed by atoms with van der Waals surface area (Å²) in [6.07, 6.45) is 3.47. The normalized spacial score (nSPS) is 13.7. The molecule has 0 aromatic carbocycles. The van der Waals surface area contributed by atoms with Gasteiger partial charge in [-0.1, -0.05) is 6.92 Å². The SMILES string of the molecule is CCC(CSC)N(C)C(=O)CC(C)(C)N. The van der Waals surface area contributed by atoms with E-state index in [9.17, 15) is 4.79 Å². The third kappa shape index (κ3) is 6.05. The smallest absolute Gasteiger partial charge is 0.224 e. The molecule has 0 bridgehead atoms. The van der Waals surface area contributed by atoms with E-state index in [-0.39, 0.29) is 5.91 Å². The summed E-state index contributed by atoms with van der Waals surface area (Å²) in [7, 11) is 1.87. The summed E-state index contributed by atoms with van der Waals surface area (Å²) >= 11 is 1.77. The van der Waals surface area contributed by atoms with Gasteiger partial charge in [0, 0.05) is 30.8 Å². The summed E-state index contributed by atoms with van der Waals surface area (Å²) < 4.78 is 0. The molecular formula is C11H24N2OS. The van der Waals surface area contributed by atoms with Gasteiger partial charge in [0.15, 0.2) is 0 Å². The van der Waals surface area contributed by atoms with Crippen molar-refractivity contribution in [2.75, 3.05) is 19.1 Å². The molecule has 0 radical (unpaired) electrons. The van der Waals surface area contributed by atoms with Crippen molar-refractivity contribution in [3.8, 4) is 0 Å². The van der Waals surface area contributed by atoms with Crippen LogP contribution in [0.25, 0.3) is 0 Å². The highest BCUT2D eigenvalue weighted by atomic mass is 32.2. The molecule has 0 saturated heterocycles. The van der Waals surface area contributed by atoms with Crippen LogP contribution >= 0.6 is 11.8 Å². The molecule has 90 valence electrons. The molecule has 1 amide bonds. The van der Waals surface area contributed by atoms with Crippen molar-refractivity contribution in [2.45, 2.75) is 45.2 Å². The molecule has 0 saturated carbocycles. The highest BCUT2D eigenvalue weighted by molar-refractivity contribution is 7.98. The second kappa shape index (κ2) is 6.38. The monoisotopic (exact) mass is 232 g/mol. The number of carbonyl (C=O) groups is 1. The van der Waals surface area contributed by atoms with Crippen LogP contribution in [0.5, 0.6) is 0 Å². The number of thioether (sulfide) groups is 1. The molecule has 0 aliphatic carbocycles. The highest BCUT2D eigenvalue weighted by Gasteiger charge is 2.23. The average molecular weight is 232 g/mol. The van der Waals surface area contributed by atoms with E-state index in [1.165, 1.54) is 0 Å². The molecule has 0 rings (SSSR count). The van der Waals surface area contributed by atoms with Crippen molar-refractivity contribution in [1.29, 1.82) is 0 Å². The van der Waals surface area contributed by atoms with E-state index in [4.69, 9.17) is 5.73 Å². The minimum absolute atomic E-state index is 0.142. The van der Waals surface area contributed by atoms with Gasteiger partial charge in [-0.3, -0.25) is 4.79 Å². The Hall–Kier alpha value is -0.220. The van der Waals surface area contributed by atoms with Gasteiger partial charge in [-0.15, -0.1) is 0 Å². The molecule has 1 atom stereocenters. The maximum absolute atomic E-state index is 11.9. The van der Waals surface area contributed by atoms with E-state index in [0.29, 0.717) is 12.5 Å². The van der Waals surface area contributed by atoms with Crippen LogP contribution in [0.4, 0.5) is 0 Å². The maximum atomic E-state index is 11.9. The maximum Gasteiger partial charge on any atom is 0.224 e. The first-order chi connectivity index (χ1) is 6.81. The van der Waals surface area contributed by atoms with Crippen LogP contribution in [0.1, 0.15) is 33.6 Å². The predicted octanol–water partition coefficient (Wildman–Crippen LogP) is 1.71. The van der Waals surface area contributed by atoms with Crippen molar-refractivity contribution >= 4 is 17.7 Å². The van der Waals surface area contributed by atoms with Gasteiger partial charge in [-0.2, -0.15) is 11.8 Å². The van der Waals surface area contributed by atoms with Gasteiger partial charge in [-0.25, -0.2) is 0 Å². The van der Waals surface area contributed by atoms with Gasteiger partial charge < -0.3 is 10.6 Å². The van der Waals surface area contributed by atoms with Gasteiger partial charge in [-0.05, 0) is 26.5 Å². The number of nitrogens with zero attached hydrogens (tertiary/aromatic N) is 1. The minimum atomic E-state index is -0.414. The van der Waals surface area contributed by atoms with Crippen LogP contribution < -0.4 is 5.73 Å². The molecule has 0 heterocycles. The summed E-state index contributed by atoms with van der Waals surface area (Å²) in [6.45, 7) is 5.88. The quantitative estimate of drug-likeness (QED) is 0.758. The summed E-state index contributed by atoms with van der Waals surface area (Å²) in [6, 6.07) is 0.329. The Kier molecular flexibility index (Phi) is 6.29. The second-order valence-electron chi connectivity index (χ2n) is 4.69. The molecule has 1 unspecified atom stereocenters. The summed E-state index contributed by atoms with van der Waals surface area (Å²) in [5.74, 6) is 1.13. The predicted molar refractivity (Wildman–Crippen MR) is 68.1 cm³/mol. The van der Waals surface area contributed by atoms with Gasteiger partial charge in [0.1, 0.15) is 0 Å². The number of rotatable bonds is 6. The second-order valence-corrected chi connectivity index (χ2v) is 5.60. The zero-order valence-corrected chi connectivity index (χ0v) is 11.4. The first kappa shape index (κ1) is 14.8. The lowest BCUT2D eigenvalue weighted by Gasteiger charge is -2.29. The van der Waals surface area contributed by atoms with E-state index >= 15 is 0 Å². The van der Waals surface area contributed by atoms with Crippen LogP contribution in [0.2, 0.25) is 0 Å². The lowest BCUT2D eigenvalue weighted by molar-refractivity contribution is -0.132. The van der Waals surface area contributed by atoms with Crippen LogP contribution in [0.15, 0.2) is 0 Å². The fourth-order valence-electron chi connectivity index (χ4n) is 1.41. The van der Waals surface area contributed by atoms with E-state index in [1.54, 1.807) is 11.8 Å². The lowest BCUT2D eigenvalue weighted by Crippen LogP contribution is -2.44. The van der Waals surface area contributed by atoms with Gasteiger partial charge in [0.05, 0.1) is 0 Å². The molecule has 0 aromatic rings. The Bertz CT molecular complexity index is 201. The van der Waals surface area contributed by atoms with Crippen LogP contribution in [-0.2, 0) is 4.79 Å². The van der Waals surface area contributed by atoms with Gasteiger partial charge >= 0.3 is 0 Å². The standard InChI is InChI=1S/C11H24N2OS/c1-6-9(8-15-5)13(4)10(14)7-11(2,3)12/h9H,6-8,12H2,1-5H3. The number of hydrogen-bond donors (Lipinski definition) is 1. The van der Waals surface area contributed by atoms with Crippen LogP contribution in [0.3, 0.4) is 0 Å². The Labute approximate surface area is 97.8 Å². The molecule has 4 heteroatoms. The van der Waals surface area contributed by atoms with Crippen molar-refractivity contribution in [3.63, 3.8) is 0 Å². The zero-order chi connectivity index (χ0) is 12.1. The Morgan fingerprint density at radius 1 is 1.53 bits per heavy atom. The minimum Gasteiger partial charge on any atom is -0.342 e. The Morgan fingerprint density at radius 3 is 2.40 bits per heavy atom. The first-order valence-corrected chi connectivity index (χ1v) is 6.74. The van der Waals surface area contributed by atoms with Gasteiger partial charge in [0.2, 0.25) is 5.91 Å². The fourth-order valence-corrected chi connectivity index (χ4v) is 2.26. The summed E-state index contributed by atoms with van der Waals surface area (Å²) in [5, 5.41) is 0. The van der Waals surface area contributed by atoms with Crippen molar-refractivity contribution in [1.82, 2.24) is 4.90 Å². The number of amides is 1. The van der Waals surface area contributed by atoms with E-state index in [1.807, 2.05) is 25.8 Å². The Balaban J connectivity index is 4.28. The molecule has 0 spiro atoms. The largest absolute Gasteiger partial charge is 0.342 e. The molecule has 3 nitrogen and oxygen atoms in total. The van der Waals surface area contributed by atoms with Gasteiger partial charge in [0.25, 0.3) is 0 Å². The van der Waals surface area contributed by atoms with Crippen molar-refractivity contribution in [3.05, 3.63) is 0 Å². The summed E-state index contributed by atoms with van der Waals surface area (Å²) in [4.78, 5) is 13.7. The zero-order valence-electron chi connectivity index (χ0n) is 10.5. The molecule has 2 N–H and O–H groups in total. The lowest BCUT2D eigenvalue weighted by atomic mass is 10.0. The number of hydrogen-bond acceptors (Lipinski definition) is 3. The number of carbonyl (C=O) groups excluding carboxylic acids is 1. The first-order valence-electron chi connectivity index (χ1n) is 5.35. The van der Waals surface area contributed by atoms with E-state index in [0.717, 1.165) is 12.2 Å². The van der Waals surface area contributed by atoms with E-state index < -0.39 is 5.54 Å².